The standard InChI is InChI=1S/C16H21BrN4O3/c17-12-7-11(14(23)8-15(12)24)16-13(9-19-20-16)21-4-1-10(2-5-21)18-3-6-22/h7-10,18,22-24H,1-6H2,(H,19,20). The van der Waals surface area contributed by atoms with E-state index in [9.17, 15) is 10.2 Å². The van der Waals surface area contributed by atoms with E-state index in [1.54, 1.807) is 12.3 Å². The van der Waals surface area contributed by atoms with Gasteiger partial charge in [-0.15, -0.1) is 0 Å². The Kier molecular flexibility index (Phi) is 5.27. The number of hydrogen-bond acceptors (Lipinski definition) is 6. The first-order valence-electron chi connectivity index (χ1n) is 7.94. The van der Waals surface area contributed by atoms with Gasteiger partial charge in [-0.3, -0.25) is 5.10 Å². The number of aliphatic hydroxyl groups excluding tert-OH is 1. The number of aliphatic hydroxyl groups is 1. The molecule has 130 valence electrons. The summed E-state index contributed by atoms with van der Waals surface area (Å²) < 4.78 is 0.516. The molecule has 0 spiro atoms. The van der Waals surface area contributed by atoms with Gasteiger partial charge in [0.25, 0.3) is 0 Å². The maximum atomic E-state index is 10.2. The number of hydrogen-bond donors (Lipinski definition) is 5. The van der Waals surface area contributed by atoms with E-state index in [1.807, 2.05) is 0 Å². The molecular formula is C16H21BrN4O3. The number of nitrogens with zero attached hydrogens (tertiary/aromatic N) is 2. The third-order valence-electron chi connectivity index (χ3n) is 4.33. The van der Waals surface area contributed by atoms with Crippen molar-refractivity contribution in [3.63, 3.8) is 0 Å². The second-order valence-electron chi connectivity index (χ2n) is 5.89. The number of anilines is 1. The largest absolute Gasteiger partial charge is 0.507 e. The van der Waals surface area contributed by atoms with E-state index < -0.39 is 0 Å². The number of nitrogens with one attached hydrogen (secondary N) is 2. The third-order valence-corrected chi connectivity index (χ3v) is 4.97. The summed E-state index contributed by atoms with van der Waals surface area (Å²) in [5, 5.41) is 39.2. The van der Waals surface area contributed by atoms with Gasteiger partial charge >= 0.3 is 0 Å². The molecule has 8 heteroatoms. The zero-order valence-corrected chi connectivity index (χ0v) is 14.8. The quantitative estimate of drug-likeness (QED) is 0.527. The summed E-state index contributed by atoms with van der Waals surface area (Å²) in [6.07, 6.45) is 3.72. The molecule has 0 bridgehead atoms. The van der Waals surface area contributed by atoms with Crippen molar-refractivity contribution >= 4 is 21.6 Å². The smallest absolute Gasteiger partial charge is 0.133 e. The van der Waals surface area contributed by atoms with Crippen molar-refractivity contribution in [2.75, 3.05) is 31.1 Å². The maximum Gasteiger partial charge on any atom is 0.133 e. The molecule has 3 rings (SSSR count). The predicted octanol–water partition coefficient (Wildman–Crippen LogP) is 1.80. The Balaban J connectivity index is 1.78. The molecule has 1 saturated heterocycles. The van der Waals surface area contributed by atoms with Gasteiger partial charge in [-0.25, -0.2) is 0 Å². The van der Waals surface area contributed by atoms with Crippen LogP contribution in [-0.2, 0) is 0 Å². The normalized spacial score (nSPS) is 15.8. The minimum atomic E-state index is -0.00640. The summed E-state index contributed by atoms with van der Waals surface area (Å²) >= 11 is 3.28. The highest BCUT2D eigenvalue weighted by Gasteiger charge is 2.23. The number of aromatic nitrogens is 2. The zero-order valence-electron chi connectivity index (χ0n) is 13.2. The fraction of sp³-hybridized carbons (Fsp3) is 0.438. The van der Waals surface area contributed by atoms with Crippen LogP contribution in [0.5, 0.6) is 11.5 Å². The summed E-state index contributed by atoms with van der Waals surface area (Å²) in [6, 6.07) is 3.41. The van der Waals surface area contributed by atoms with Gasteiger partial charge in [0.05, 0.1) is 28.7 Å². The number of phenols is 2. The summed E-state index contributed by atoms with van der Waals surface area (Å²) in [6.45, 7) is 2.52. The molecule has 0 amide bonds. The van der Waals surface area contributed by atoms with E-state index in [4.69, 9.17) is 5.11 Å². The Morgan fingerprint density at radius 1 is 1.25 bits per heavy atom. The van der Waals surface area contributed by atoms with Gasteiger partial charge in [-0.05, 0) is 34.8 Å². The van der Waals surface area contributed by atoms with E-state index >= 15 is 0 Å². The van der Waals surface area contributed by atoms with Crippen LogP contribution in [0.1, 0.15) is 12.8 Å². The second-order valence-corrected chi connectivity index (χ2v) is 6.74. The summed E-state index contributed by atoms with van der Waals surface area (Å²) in [4.78, 5) is 2.23. The van der Waals surface area contributed by atoms with Crippen molar-refractivity contribution in [2.45, 2.75) is 18.9 Å². The first-order chi connectivity index (χ1) is 11.6. The van der Waals surface area contributed by atoms with Crippen molar-refractivity contribution in [3.05, 3.63) is 22.8 Å². The average molecular weight is 397 g/mol. The molecule has 5 N–H and O–H groups in total. The van der Waals surface area contributed by atoms with Gasteiger partial charge in [-0.1, -0.05) is 0 Å². The number of rotatable bonds is 5. The van der Waals surface area contributed by atoms with Crippen molar-refractivity contribution < 1.29 is 15.3 Å². The van der Waals surface area contributed by atoms with Crippen LogP contribution in [0.2, 0.25) is 0 Å². The molecular weight excluding hydrogens is 376 g/mol. The fourth-order valence-corrected chi connectivity index (χ4v) is 3.41. The fourth-order valence-electron chi connectivity index (χ4n) is 3.06. The molecule has 1 aromatic heterocycles. The minimum absolute atomic E-state index is 0.000647. The van der Waals surface area contributed by atoms with Crippen LogP contribution in [-0.4, -0.2) is 57.8 Å². The van der Waals surface area contributed by atoms with Gasteiger partial charge in [0.2, 0.25) is 0 Å². The van der Waals surface area contributed by atoms with Gasteiger partial charge in [-0.2, -0.15) is 5.10 Å². The SMILES string of the molecule is OCCNC1CCN(c2cn[nH]c2-c2cc(Br)c(O)cc2O)CC1. The first-order valence-corrected chi connectivity index (χ1v) is 8.74. The lowest BCUT2D eigenvalue weighted by Crippen LogP contribution is -2.43. The summed E-state index contributed by atoms with van der Waals surface area (Å²) in [7, 11) is 0. The van der Waals surface area contributed by atoms with Crippen molar-refractivity contribution in [1.29, 1.82) is 0 Å². The summed E-state index contributed by atoms with van der Waals surface area (Å²) in [5.74, 6) is -0.00575. The summed E-state index contributed by atoms with van der Waals surface area (Å²) in [5.41, 5.74) is 2.26. The van der Waals surface area contributed by atoms with E-state index in [1.165, 1.54) is 6.07 Å². The molecule has 2 heterocycles. The van der Waals surface area contributed by atoms with Crippen molar-refractivity contribution in [3.8, 4) is 22.8 Å². The first kappa shape index (κ1) is 17.1. The number of piperidine rings is 1. The molecule has 0 unspecified atom stereocenters. The Hall–Kier alpha value is -1.77. The van der Waals surface area contributed by atoms with E-state index in [2.05, 4.69) is 36.3 Å². The Morgan fingerprint density at radius 3 is 2.71 bits per heavy atom. The van der Waals surface area contributed by atoms with Crippen LogP contribution in [0.25, 0.3) is 11.3 Å². The molecule has 1 aliphatic rings. The lowest BCUT2D eigenvalue weighted by molar-refractivity contribution is 0.277. The zero-order chi connectivity index (χ0) is 17.1. The minimum Gasteiger partial charge on any atom is -0.507 e. The van der Waals surface area contributed by atoms with Gasteiger partial charge < -0.3 is 25.5 Å². The van der Waals surface area contributed by atoms with E-state index in [-0.39, 0.29) is 18.1 Å². The number of halogens is 1. The van der Waals surface area contributed by atoms with Crippen LogP contribution < -0.4 is 10.2 Å². The highest BCUT2D eigenvalue weighted by atomic mass is 79.9. The Morgan fingerprint density at radius 2 is 2.00 bits per heavy atom. The van der Waals surface area contributed by atoms with E-state index in [0.29, 0.717) is 22.6 Å². The maximum absolute atomic E-state index is 10.2. The molecule has 0 atom stereocenters. The molecule has 1 fully saturated rings. The molecule has 0 radical (unpaired) electrons. The number of benzene rings is 1. The lowest BCUT2D eigenvalue weighted by Gasteiger charge is -2.33. The van der Waals surface area contributed by atoms with Crippen molar-refractivity contribution in [2.24, 2.45) is 0 Å². The van der Waals surface area contributed by atoms with Crippen LogP contribution in [0.3, 0.4) is 0 Å². The number of aromatic hydroxyl groups is 2. The molecule has 0 saturated carbocycles. The Labute approximate surface area is 148 Å². The van der Waals surface area contributed by atoms with Crippen molar-refractivity contribution in [1.82, 2.24) is 15.5 Å². The van der Waals surface area contributed by atoms with Gasteiger partial charge in [0, 0.05) is 37.3 Å². The highest BCUT2D eigenvalue weighted by molar-refractivity contribution is 9.10. The van der Waals surface area contributed by atoms with Crippen LogP contribution in [0.4, 0.5) is 5.69 Å². The second kappa shape index (κ2) is 7.42. The topological polar surface area (TPSA) is 105 Å². The monoisotopic (exact) mass is 396 g/mol. The average Bonchev–Trinajstić information content (AvgIpc) is 3.06. The molecule has 1 aromatic carbocycles. The third kappa shape index (κ3) is 3.50. The highest BCUT2D eigenvalue weighted by Crippen LogP contribution is 2.40. The van der Waals surface area contributed by atoms with Gasteiger partial charge in [0.15, 0.2) is 0 Å². The predicted molar refractivity (Wildman–Crippen MR) is 95.4 cm³/mol. The van der Waals surface area contributed by atoms with Gasteiger partial charge in [0.1, 0.15) is 11.5 Å². The lowest BCUT2D eigenvalue weighted by atomic mass is 10.0. The van der Waals surface area contributed by atoms with E-state index in [0.717, 1.165) is 37.3 Å². The molecule has 2 aromatic rings. The van der Waals surface area contributed by atoms with Crippen LogP contribution in [0.15, 0.2) is 22.8 Å². The van der Waals surface area contributed by atoms with Crippen LogP contribution in [0, 0.1) is 0 Å². The number of aromatic amines is 1. The molecule has 24 heavy (non-hydrogen) atoms. The molecule has 0 aliphatic carbocycles. The Bertz CT molecular complexity index is 699. The number of phenolic OH excluding ortho intramolecular Hbond substituents is 2. The van der Waals surface area contributed by atoms with Crippen LogP contribution >= 0.6 is 15.9 Å². The number of H-pyrrole nitrogens is 1. The molecule has 1 aliphatic heterocycles. The molecule has 7 nitrogen and oxygen atoms in total.